The lowest BCUT2D eigenvalue weighted by atomic mass is 10.2. The molecule has 6 rings (SSSR count). The van der Waals surface area contributed by atoms with Gasteiger partial charge in [-0.05, 0) is 18.2 Å². The summed E-state index contributed by atoms with van der Waals surface area (Å²) in [5.41, 5.74) is 7.76. The van der Waals surface area contributed by atoms with E-state index in [9.17, 15) is 14.4 Å². The molecule has 18 heteroatoms. The number of para-hydroxylation sites is 1. The van der Waals surface area contributed by atoms with E-state index >= 15 is 0 Å². The number of hydrogen-bond acceptors (Lipinski definition) is 12. The second-order valence-corrected chi connectivity index (χ2v) is 11.3. The van der Waals surface area contributed by atoms with Gasteiger partial charge in [-0.1, -0.05) is 41.7 Å². The van der Waals surface area contributed by atoms with Crippen molar-refractivity contribution in [2.45, 2.75) is 16.9 Å². The predicted molar refractivity (Wildman–Crippen MR) is 166 cm³/mol. The number of nitrogens with zero attached hydrogens (tertiary/aromatic N) is 7. The second-order valence-electron chi connectivity index (χ2n) is 9.43. The lowest BCUT2D eigenvalue weighted by Gasteiger charge is -2.28. The first kappa shape index (κ1) is 31.5. The molecule has 1 amide bonds. The number of hydrogen-bond donors (Lipinski definition) is 5. The van der Waals surface area contributed by atoms with Crippen molar-refractivity contribution in [2.75, 3.05) is 42.7 Å². The average molecular weight is 653 g/mol. The molecule has 1 aromatic carbocycles. The summed E-state index contributed by atoms with van der Waals surface area (Å²) in [6.45, 7) is 2.96. The second kappa shape index (κ2) is 14.7. The van der Waals surface area contributed by atoms with Crippen LogP contribution in [0, 0.1) is 0 Å². The highest BCUT2D eigenvalue weighted by molar-refractivity contribution is 8.00. The van der Waals surface area contributed by atoms with Crippen molar-refractivity contribution in [1.29, 1.82) is 0 Å². The van der Waals surface area contributed by atoms with Crippen molar-refractivity contribution < 1.29 is 29.3 Å². The van der Waals surface area contributed by atoms with Crippen molar-refractivity contribution in [1.82, 2.24) is 39.9 Å². The molecule has 1 fully saturated rings. The molecule has 5 aromatic rings. The van der Waals surface area contributed by atoms with Gasteiger partial charge in [0.15, 0.2) is 11.6 Å². The van der Waals surface area contributed by atoms with Crippen LogP contribution in [0.15, 0.2) is 59.1 Å². The number of nitrogens with one attached hydrogen (secondary N) is 2. The molecule has 0 radical (unpaired) electrons. The molecule has 16 nitrogen and oxygen atoms in total. The van der Waals surface area contributed by atoms with Crippen LogP contribution in [0.4, 0.5) is 5.82 Å². The lowest BCUT2D eigenvalue weighted by Crippen LogP contribution is -2.37. The number of aliphatic carboxylic acids is 2. The van der Waals surface area contributed by atoms with Gasteiger partial charge in [0.05, 0.1) is 30.3 Å². The number of amides is 1. The van der Waals surface area contributed by atoms with E-state index in [0.717, 1.165) is 64.5 Å². The van der Waals surface area contributed by atoms with Crippen molar-refractivity contribution in [3.05, 3.63) is 48.8 Å². The zero-order valence-corrected chi connectivity index (χ0v) is 25.3. The standard InChI is InChI=1S/C14H13N5O3S.C13H15N5O3S/c15-11(20)6-19-5-9(8-3-1-2-4-10(8)19)13-16-14(18-17-13)23-7-12(21)22;19-10(20)8-22-13-15-11(16-17-13)9-2-1-3-14-12(9)18-4-6-21-7-5-18/h1-5H,6-7H2,(H2,15,20)(H,21,22)(H,16,17,18);1-3H,4-8H2,(H,19,20)(H,15,16,17). The largest absolute Gasteiger partial charge is 0.481 e. The van der Waals surface area contributed by atoms with Crippen LogP contribution >= 0.6 is 23.5 Å². The van der Waals surface area contributed by atoms with E-state index in [-0.39, 0.29) is 18.1 Å². The molecule has 1 aliphatic rings. The third-order valence-corrected chi connectivity index (χ3v) is 7.97. The SMILES string of the molecule is NC(=O)Cn1cc(-c2nc(SCC(=O)O)n[nH]2)c2ccccc21.O=C(O)CSc1n[nH]c(-c2cccnc2N2CCOCC2)n1. The van der Waals surface area contributed by atoms with Crippen molar-refractivity contribution in [2.24, 2.45) is 5.73 Å². The van der Waals surface area contributed by atoms with E-state index < -0.39 is 17.8 Å². The van der Waals surface area contributed by atoms with Gasteiger partial charge < -0.3 is 30.2 Å². The summed E-state index contributed by atoms with van der Waals surface area (Å²) < 4.78 is 7.11. The summed E-state index contributed by atoms with van der Waals surface area (Å²) in [7, 11) is 0. The third-order valence-electron chi connectivity index (χ3n) is 6.30. The number of carbonyl (C=O) groups excluding carboxylic acids is 1. The highest BCUT2D eigenvalue weighted by Gasteiger charge is 2.19. The third kappa shape index (κ3) is 8.16. The Balaban J connectivity index is 0.000000178. The summed E-state index contributed by atoms with van der Waals surface area (Å²) in [5, 5.41) is 32.8. The summed E-state index contributed by atoms with van der Waals surface area (Å²) in [6, 6.07) is 11.3. The number of anilines is 1. The molecule has 5 heterocycles. The van der Waals surface area contributed by atoms with Gasteiger partial charge in [0.1, 0.15) is 12.4 Å². The van der Waals surface area contributed by atoms with Gasteiger partial charge in [-0.15, -0.1) is 10.2 Å². The van der Waals surface area contributed by atoms with Gasteiger partial charge in [-0.25, -0.2) is 15.0 Å². The molecule has 0 saturated carbocycles. The van der Waals surface area contributed by atoms with E-state index in [4.69, 9.17) is 20.7 Å². The van der Waals surface area contributed by atoms with Crippen LogP contribution in [-0.4, -0.2) is 106 Å². The number of carboxylic acids is 2. The fourth-order valence-electron chi connectivity index (χ4n) is 4.46. The summed E-state index contributed by atoms with van der Waals surface area (Å²) >= 11 is 2.11. The zero-order chi connectivity index (χ0) is 31.8. The molecule has 45 heavy (non-hydrogen) atoms. The topological polar surface area (TPSA) is 231 Å². The van der Waals surface area contributed by atoms with Crippen molar-refractivity contribution in [3.8, 4) is 22.8 Å². The molecule has 0 unspecified atom stereocenters. The molecular formula is C27H28N10O6S2. The molecule has 1 aliphatic heterocycles. The van der Waals surface area contributed by atoms with Gasteiger partial charge in [-0.3, -0.25) is 24.6 Å². The molecule has 0 aliphatic carbocycles. The number of benzene rings is 1. The number of carboxylic acid groups (broad SMARTS) is 2. The van der Waals surface area contributed by atoms with Crippen LogP contribution in [0.3, 0.4) is 0 Å². The zero-order valence-electron chi connectivity index (χ0n) is 23.6. The van der Waals surface area contributed by atoms with E-state index in [1.807, 2.05) is 36.4 Å². The molecular weight excluding hydrogens is 624 g/mol. The Labute approximate surface area is 263 Å². The molecule has 4 aromatic heterocycles. The number of nitrogens with two attached hydrogens (primary N) is 1. The van der Waals surface area contributed by atoms with E-state index in [2.05, 4.69) is 40.2 Å². The summed E-state index contributed by atoms with van der Waals surface area (Å²) in [4.78, 5) is 47.6. The number of fused-ring (bicyclic) bond motifs is 1. The Bertz CT molecular complexity index is 1800. The number of rotatable bonds is 11. The average Bonchev–Trinajstić information content (AvgIpc) is 3.79. The van der Waals surface area contributed by atoms with Crippen LogP contribution in [0.1, 0.15) is 0 Å². The van der Waals surface area contributed by atoms with Gasteiger partial charge in [0.2, 0.25) is 16.2 Å². The van der Waals surface area contributed by atoms with Crippen LogP contribution in [-0.2, 0) is 25.7 Å². The minimum atomic E-state index is -0.931. The molecule has 0 atom stereocenters. The number of H-pyrrole nitrogens is 2. The number of primary amides is 1. The van der Waals surface area contributed by atoms with Gasteiger partial charge >= 0.3 is 11.9 Å². The molecule has 0 spiro atoms. The monoisotopic (exact) mass is 652 g/mol. The number of morpholine rings is 1. The van der Waals surface area contributed by atoms with Crippen molar-refractivity contribution in [3.63, 3.8) is 0 Å². The normalized spacial score (nSPS) is 12.9. The van der Waals surface area contributed by atoms with Gasteiger partial charge in [0.25, 0.3) is 0 Å². The fourth-order valence-corrected chi connectivity index (χ4v) is 5.50. The van der Waals surface area contributed by atoms with Crippen LogP contribution in [0.25, 0.3) is 33.7 Å². The maximum absolute atomic E-state index is 11.2. The molecule has 0 bridgehead atoms. The highest BCUT2D eigenvalue weighted by atomic mass is 32.2. The minimum Gasteiger partial charge on any atom is -0.481 e. The maximum Gasteiger partial charge on any atom is 0.313 e. The van der Waals surface area contributed by atoms with E-state index in [0.29, 0.717) is 35.2 Å². The Hall–Kier alpha value is -4.94. The molecule has 6 N–H and O–H groups in total. The fraction of sp³-hybridized carbons (Fsp3) is 0.259. The number of thioether (sulfide) groups is 2. The Kier molecular flexibility index (Phi) is 10.3. The number of ether oxygens (including phenoxy) is 1. The first-order valence-corrected chi connectivity index (χ1v) is 15.4. The summed E-state index contributed by atoms with van der Waals surface area (Å²) in [6.07, 6.45) is 3.52. The summed E-state index contributed by atoms with van der Waals surface area (Å²) in [5.74, 6) is -0.517. The number of pyridine rings is 1. The van der Waals surface area contributed by atoms with E-state index in [1.165, 1.54) is 0 Å². The maximum atomic E-state index is 11.2. The van der Waals surface area contributed by atoms with Crippen molar-refractivity contribution >= 4 is 58.1 Å². The molecule has 234 valence electrons. The number of carbonyl (C=O) groups is 3. The first-order valence-electron chi connectivity index (χ1n) is 13.5. The highest BCUT2D eigenvalue weighted by Crippen LogP contribution is 2.30. The first-order chi connectivity index (χ1) is 21.8. The quantitative estimate of drug-likeness (QED) is 0.128. The van der Waals surface area contributed by atoms with Crippen LogP contribution in [0.2, 0.25) is 0 Å². The smallest absolute Gasteiger partial charge is 0.313 e. The number of aromatic amines is 2. The van der Waals surface area contributed by atoms with E-state index in [1.54, 1.807) is 17.0 Å². The Morgan fingerprint density at radius 3 is 2.13 bits per heavy atom. The Morgan fingerprint density at radius 2 is 1.51 bits per heavy atom. The Morgan fingerprint density at radius 1 is 0.889 bits per heavy atom. The minimum absolute atomic E-state index is 0.0648. The number of aromatic nitrogens is 8. The van der Waals surface area contributed by atoms with Crippen LogP contribution in [0.5, 0.6) is 0 Å². The predicted octanol–water partition coefficient (Wildman–Crippen LogP) is 1.97. The van der Waals surface area contributed by atoms with Gasteiger partial charge in [-0.2, -0.15) is 0 Å². The lowest BCUT2D eigenvalue weighted by molar-refractivity contribution is -0.134. The molecule has 1 saturated heterocycles. The van der Waals surface area contributed by atoms with Gasteiger partial charge in [0, 0.05) is 41.9 Å². The van der Waals surface area contributed by atoms with Crippen LogP contribution < -0.4 is 10.6 Å².